The highest BCUT2D eigenvalue weighted by Gasteiger charge is 2.30. The molecule has 0 saturated heterocycles. The van der Waals surface area contributed by atoms with Crippen LogP contribution >= 0.6 is 0 Å². The van der Waals surface area contributed by atoms with E-state index in [0.717, 1.165) is 12.1 Å². The van der Waals surface area contributed by atoms with Gasteiger partial charge in [0.2, 0.25) is 0 Å². The highest BCUT2D eigenvalue weighted by atomic mass is 19.4. The van der Waals surface area contributed by atoms with E-state index in [0.29, 0.717) is 5.56 Å². The van der Waals surface area contributed by atoms with E-state index in [2.05, 4.69) is 5.32 Å². The maximum absolute atomic E-state index is 12.7. The van der Waals surface area contributed by atoms with Crippen molar-refractivity contribution in [3.05, 3.63) is 64.7 Å². The van der Waals surface area contributed by atoms with Crippen molar-refractivity contribution in [2.75, 3.05) is 6.54 Å². The third kappa shape index (κ3) is 4.48. The SMILES string of the molecule is Cc1cc(O)cc(C(=O)NCC(O)c2cccc(C(F)(F)F)c2)c1. The van der Waals surface area contributed by atoms with Crippen LogP contribution in [0, 0.1) is 6.92 Å². The van der Waals surface area contributed by atoms with E-state index < -0.39 is 23.8 Å². The minimum Gasteiger partial charge on any atom is -0.508 e. The molecule has 4 nitrogen and oxygen atoms in total. The molecule has 3 N–H and O–H groups in total. The van der Waals surface area contributed by atoms with Crippen molar-refractivity contribution < 1.29 is 28.2 Å². The van der Waals surface area contributed by atoms with Crippen molar-refractivity contribution in [1.82, 2.24) is 5.32 Å². The minimum absolute atomic E-state index is 0.0530. The topological polar surface area (TPSA) is 69.6 Å². The number of hydrogen-bond donors (Lipinski definition) is 3. The molecule has 0 spiro atoms. The van der Waals surface area contributed by atoms with Crippen LogP contribution in [0.15, 0.2) is 42.5 Å². The number of benzene rings is 2. The van der Waals surface area contributed by atoms with E-state index in [-0.39, 0.29) is 23.4 Å². The monoisotopic (exact) mass is 339 g/mol. The summed E-state index contributed by atoms with van der Waals surface area (Å²) < 4.78 is 38.0. The van der Waals surface area contributed by atoms with Crippen LogP contribution in [0.2, 0.25) is 0 Å². The molecule has 2 aromatic rings. The first-order valence-electron chi connectivity index (χ1n) is 7.11. The summed E-state index contributed by atoms with van der Waals surface area (Å²) >= 11 is 0. The van der Waals surface area contributed by atoms with Gasteiger partial charge in [-0.25, -0.2) is 0 Å². The number of aromatic hydroxyl groups is 1. The fraction of sp³-hybridized carbons (Fsp3) is 0.235. The highest BCUT2D eigenvalue weighted by Crippen LogP contribution is 2.30. The maximum Gasteiger partial charge on any atom is 0.416 e. The van der Waals surface area contributed by atoms with Gasteiger partial charge < -0.3 is 15.5 Å². The number of aliphatic hydroxyl groups excluding tert-OH is 1. The standard InChI is InChI=1S/C17H16F3NO3/c1-10-5-12(8-14(22)6-10)16(24)21-9-15(23)11-3-2-4-13(7-11)17(18,19)20/h2-8,15,22-23H,9H2,1H3,(H,21,24). The molecular formula is C17H16F3NO3. The fourth-order valence-electron chi connectivity index (χ4n) is 2.23. The van der Waals surface area contributed by atoms with Crippen molar-refractivity contribution >= 4 is 5.91 Å². The lowest BCUT2D eigenvalue weighted by Gasteiger charge is -2.14. The van der Waals surface area contributed by atoms with Crippen LogP contribution in [0.5, 0.6) is 5.75 Å². The molecule has 128 valence electrons. The number of carbonyl (C=O) groups excluding carboxylic acids is 1. The first kappa shape index (κ1) is 17.8. The van der Waals surface area contributed by atoms with Gasteiger partial charge in [-0.3, -0.25) is 4.79 Å². The molecular weight excluding hydrogens is 323 g/mol. The summed E-state index contributed by atoms with van der Waals surface area (Å²) in [7, 11) is 0. The molecule has 24 heavy (non-hydrogen) atoms. The predicted octanol–water partition coefficient (Wildman–Crippen LogP) is 3.18. The zero-order chi connectivity index (χ0) is 17.9. The van der Waals surface area contributed by atoms with E-state index in [9.17, 15) is 28.2 Å². The second kappa shape index (κ2) is 6.92. The average molecular weight is 339 g/mol. The number of hydrogen-bond acceptors (Lipinski definition) is 3. The van der Waals surface area contributed by atoms with Gasteiger partial charge >= 0.3 is 6.18 Å². The number of halogens is 3. The van der Waals surface area contributed by atoms with Crippen LogP contribution in [0.4, 0.5) is 13.2 Å². The van der Waals surface area contributed by atoms with E-state index in [4.69, 9.17) is 0 Å². The van der Waals surface area contributed by atoms with Crippen LogP contribution in [-0.2, 0) is 6.18 Å². The van der Waals surface area contributed by atoms with Gasteiger partial charge in [-0.2, -0.15) is 13.2 Å². The summed E-state index contributed by atoms with van der Waals surface area (Å²) in [5, 5.41) is 21.9. The van der Waals surface area contributed by atoms with Crippen molar-refractivity contribution in [3.8, 4) is 5.75 Å². The number of carbonyl (C=O) groups is 1. The van der Waals surface area contributed by atoms with E-state index >= 15 is 0 Å². The maximum atomic E-state index is 12.7. The predicted molar refractivity (Wildman–Crippen MR) is 81.6 cm³/mol. The Balaban J connectivity index is 2.05. The molecule has 0 saturated carbocycles. The molecule has 0 aromatic heterocycles. The van der Waals surface area contributed by atoms with Crippen LogP contribution in [0.3, 0.4) is 0 Å². The Bertz CT molecular complexity index is 724. The number of nitrogens with one attached hydrogen (secondary N) is 1. The van der Waals surface area contributed by atoms with Crippen LogP contribution in [-0.4, -0.2) is 22.7 Å². The lowest BCUT2D eigenvalue weighted by molar-refractivity contribution is -0.137. The second-order valence-corrected chi connectivity index (χ2v) is 5.41. The molecule has 0 radical (unpaired) electrons. The van der Waals surface area contributed by atoms with Gasteiger partial charge in [0.05, 0.1) is 11.7 Å². The Morgan fingerprint density at radius 3 is 2.54 bits per heavy atom. The molecule has 1 atom stereocenters. The summed E-state index contributed by atoms with van der Waals surface area (Å²) in [6.45, 7) is 1.45. The molecule has 2 aromatic carbocycles. The Labute approximate surface area is 136 Å². The van der Waals surface area contributed by atoms with Gasteiger partial charge in [-0.05, 0) is 48.4 Å². The zero-order valence-corrected chi connectivity index (χ0v) is 12.8. The van der Waals surface area contributed by atoms with Crippen molar-refractivity contribution in [1.29, 1.82) is 0 Å². The lowest BCUT2D eigenvalue weighted by Crippen LogP contribution is -2.28. The van der Waals surface area contributed by atoms with Crippen molar-refractivity contribution in [3.63, 3.8) is 0 Å². The molecule has 0 aliphatic heterocycles. The summed E-state index contributed by atoms with van der Waals surface area (Å²) in [6, 6.07) is 8.59. The summed E-state index contributed by atoms with van der Waals surface area (Å²) in [5.41, 5.74) is 0.0634. The second-order valence-electron chi connectivity index (χ2n) is 5.41. The zero-order valence-electron chi connectivity index (χ0n) is 12.8. The molecule has 0 fully saturated rings. The number of aryl methyl sites for hydroxylation is 1. The first-order valence-corrected chi connectivity index (χ1v) is 7.11. The first-order chi connectivity index (χ1) is 11.2. The number of aliphatic hydroxyl groups is 1. The number of phenolic OH excluding ortho intramolecular Hbond substituents is 1. The Morgan fingerprint density at radius 1 is 1.21 bits per heavy atom. The summed E-state index contributed by atoms with van der Waals surface area (Å²) in [4.78, 5) is 12.0. The van der Waals surface area contributed by atoms with Gasteiger partial charge in [0.25, 0.3) is 5.91 Å². The van der Waals surface area contributed by atoms with Crippen LogP contribution in [0.1, 0.15) is 33.2 Å². The van der Waals surface area contributed by atoms with Crippen molar-refractivity contribution in [2.24, 2.45) is 0 Å². The van der Waals surface area contributed by atoms with Gasteiger partial charge in [-0.15, -0.1) is 0 Å². The molecule has 0 aliphatic carbocycles. The molecule has 0 bridgehead atoms. The molecule has 1 amide bonds. The molecule has 0 heterocycles. The average Bonchev–Trinajstić information content (AvgIpc) is 2.50. The van der Waals surface area contributed by atoms with E-state index in [1.165, 1.54) is 24.3 Å². The van der Waals surface area contributed by atoms with Gasteiger partial charge in [0.1, 0.15) is 5.75 Å². The Kier molecular flexibility index (Phi) is 5.14. The van der Waals surface area contributed by atoms with Gasteiger partial charge in [0, 0.05) is 12.1 Å². The summed E-state index contributed by atoms with van der Waals surface area (Å²) in [5.74, 6) is -0.612. The Morgan fingerprint density at radius 2 is 1.92 bits per heavy atom. The third-order valence-corrected chi connectivity index (χ3v) is 3.38. The molecule has 2 rings (SSSR count). The number of phenols is 1. The fourth-order valence-corrected chi connectivity index (χ4v) is 2.23. The number of alkyl halides is 3. The van der Waals surface area contributed by atoms with Crippen LogP contribution < -0.4 is 5.32 Å². The summed E-state index contributed by atoms with van der Waals surface area (Å²) in [6.07, 6.45) is -5.78. The van der Waals surface area contributed by atoms with E-state index in [1.54, 1.807) is 13.0 Å². The molecule has 7 heteroatoms. The lowest BCUT2D eigenvalue weighted by atomic mass is 10.1. The quantitative estimate of drug-likeness (QED) is 0.801. The van der Waals surface area contributed by atoms with Crippen molar-refractivity contribution in [2.45, 2.75) is 19.2 Å². The molecule has 0 aliphatic rings. The third-order valence-electron chi connectivity index (χ3n) is 3.38. The smallest absolute Gasteiger partial charge is 0.416 e. The van der Waals surface area contributed by atoms with Gasteiger partial charge in [-0.1, -0.05) is 12.1 Å². The highest BCUT2D eigenvalue weighted by molar-refractivity contribution is 5.94. The normalized spacial score (nSPS) is 12.7. The van der Waals surface area contributed by atoms with E-state index in [1.807, 2.05) is 0 Å². The Hall–Kier alpha value is -2.54. The largest absolute Gasteiger partial charge is 0.508 e. The van der Waals surface area contributed by atoms with Crippen LogP contribution in [0.25, 0.3) is 0 Å². The minimum atomic E-state index is -4.50. The number of amides is 1. The van der Waals surface area contributed by atoms with Gasteiger partial charge in [0.15, 0.2) is 0 Å². The number of rotatable bonds is 4. The molecule has 1 unspecified atom stereocenters.